The fourth-order valence-corrected chi connectivity index (χ4v) is 4.12. The van der Waals surface area contributed by atoms with Gasteiger partial charge in [0.15, 0.2) is 0 Å². The number of carbonyl (C=O) groups is 2. The van der Waals surface area contributed by atoms with Crippen LogP contribution in [0.3, 0.4) is 0 Å². The molecule has 1 aromatic carbocycles. The number of carbonyl (C=O) groups excluding carboxylic acids is 2. The number of nitrogens with zero attached hydrogens (tertiary/aromatic N) is 2. The average Bonchev–Trinajstić information content (AvgIpc) is 3.21. The lowest BCUT2D eigenvalue weighted by molar-refractivity contribution is 0.0236. The molecule has 1 aromatic heterocycles. The van der Waals surface area contributed by atoms with E-state index in [4.69, 9.17) is 5.73 Å². The van der Waals surface area contributed by atoms with Crippen molar-refractivity contribution < 1.29 is 14.7 Å². The van der Waals surface area contributed by atoms with Crippen molar-refractivity contribution in [3.63, 3.8) is 0 Å². The van der Waals surface area contributed by atoms with Crippen molar-refractivity contribution in [2.24, 2.45) is 5.73 Å². The van der Waals surface area contributed by atoms with Crippen molar-refractivity contribution in [1.29, 1.82) is 0 Å². The Balaban J connectivity index is 1.70. The standard InChI is InChI=1S/C19H23N3O3S/c1-21(2)11-19(25)7-8-22(12-19)18(24)14-5-3-13(4-6-14)15-9-16(17(20)23)26-10-15/h3-6,9-10,25H,7-8,11-12H2,1-2H3,(H2,20,23)/t19-/m1/s1. The van der Waals surface area contributed by atoms with Gasteiger partial charge in [0.2, 0.25) is 0 Å². The topological polar surface area (TPSA) is 86.9 Å². The van der Waals surface area contributed by atoms with Gasteiger partial charge in [-0.25, -0.2) is 0 Å². The zero-order chi connectivity index (χ0) is 18.9. The Kier molecular flexibility index (Phi) is 5.13. The number of primary amides is 1. The van der Waals surface area contributed by atoms with Gasteiger partial charge in [-0.2, -0.15) is 0 Å². The summed E-state index contributed by atoms with van der Waals surface area (Å²) in [6.07, 6.45) is 0.583. The second kappa shape index (κ2) is 7.19. The summed E-state index contributed by atoms with van der Waals surface area (Å²) in [5.41, 5.74) is 6.87. The smallest absolute Gasteiger partial charge is 0.258 e. The molecule has 26 heavy (non-hydrogen) atoms. The quantitative estimate of drug-likeness (QED) is 0.834. The van der Waals surface area contributed by atoms with Gasteiger partial charge in [0.05, 0.1) is 17.0 Å². The molecule has 3 rings (SSSR count). The number of likely N-dealkylation sites (N-methyl/N-ethyl adjacent to an activating group) is 1. The van der Waals surface area contributed by atoms with Gasteiger partial charge in [-0.1, -0.05) is 12.1 Å². The summed E-state index contributed by atoms with van der Waals surface area (Å²) in [7, 11) is 3.82. The van der Waals surface area contributed by atoms with Crippen LogP contribution in [0.5, 0.6) is 0 Å². The number of rotatable bonds is 5. The molecule has 7 heteroatoms. The fourth-order valence-electron chi connectivity index (χ4n) is 3.35. The average molecular weight is 373 g/mol. The molecule has 6 nitrogen and oxygen atoms in total. The summed E-state index contributed by atoms with van der Waals surface area (Å²) in [6.45, 7) is 1.44. The van der Waals surface area contributed by atoms with Crippen molar-refractivity contribution in [1.82, 2.24) is 9.80 Å². The minimum atomic E-state index is -0.846. The number of thiophene rings is 1. The highest BCUT2D eigenvalue weighted by atomic mass is 32.1. The molecule has 2 heterocycles. The number of hydrogen-bond donors (Lipinski definition) is 2. The molecule has 1 fully saturated rings. The molecule has 1 saturated heterocycles. The van der Waals surface area contributed by atoms with Crippen molar-refractivity contribution >= 4 is 23.2 Å². The Labute approximate surface area is 156 Å². The van der Waals surface area contributed by atoms with E-state index in [1.807, 2.05) is 36.5 Å². The molecule has 0 radical (unpaired) electrons. The van der Waals surface area contributed by atoms with Crippen LogP contribution < -0.4 is 5.73 Å². The van der Waals surface area contributed by atoms with Crippen LogP contribution in [0.1, 0.15) is 26.5 Å². The number of amides is 2. The largest absolute Gasteiger partial charge is 0.387 e. The van der Waals surface area contributed by atoms with Gasteiger partial charge in [0, 0.05) is 18.7 Å². The van der Waals surface area contributed by atoms with E-state index in [0.29, 0.717) is 36.5 Å². The summed E-state index contributed by atoms with van der Waals surface area (Å²) >= 11 is 1.31. The zero-order valence-electron chi connectivity index (χ0n) is 14.9. The summed E-state index contributed by atoms with van der Waals surface area (Å²) in [6, 6.07) is 9.04. The van der Waals surface area contributed by atoms with Gasteiger partial charge < -0.3 is 20.6 Å². The third-order valence-corrected chi connectivity index (χ3v) is 5.48. The Hall–Kier alpha value is -2.22. The molecule has 3 N–H and O–H groups in total. The van der Waals surface area contributed by atoms with E-state index in [1.165, 1.54) is 11.3 Å². The molecule has 138 valence electrons. The maximum atomic E-state index is 12.7. The second-order valence-electron chi connectivity index (χ2n) is 7.08. The summed E-state index contributed by atoms with van der Waals surface area (Å²) < 4.78 is 0. The van der Waals surface area contributed by atoms with Gasteiger partial charge in [0.1, 0.15) is 0 Å². The summed E-state index contributed by atoms with van der Waals surface area (Å²) in [4.78, 5) is 28.1. The van der Waals surface area contributed by atoms with Gasteiger partial charge in [-0.3, -0.25) is 9.59 Å². The first-order valence-corrected chi connectivity index (χ1v) is 9.30. The summed E-state index contributed by atoms with van der Waals surface area (Å²) in [5.74, 6) is -0.512. The first kappa shape index (κ1) is 18.6. The van der Waals surface area contributed by atoms with Gasteiger partial charge in [-0.05, 0) is 55.2 Å². The number of β-amino-alcohol motifs (C(OH)–C–C–N with tert-alkyl or cyclic N) is 1. The predicted octanol–water partition coefficient (Wildman–Crippen LogP) is 1.65. The Morgan fingerprint density at radius 2 is 1.96 bits per heavy atom. The molecular formula is C19H23N3O3S. The van der Waals surface area contributed by atoms with E-state index in [0.717, 1.165) is 11.1 Å². The van der Waals surface area contributed by atoms with Crippen molar-refractivity contribution in [2.75, 3.05) is 33.7 Å². The van der Waals surface area contributed by atoms with Gasteiger partial charge >= 0.3 is 0 Å². The maximum absolute atomic E-state index is 12.7. The van der Waals surface area contributed by atoms with E-state index in [2.05, 4.69) is 0 Å². The predicted molar refractivity (Wildman–Crippen MR) is 102 cm³/mol. The molecule has 1 aliphatic rings. The lowest BCUT2D eigenvalue weighted by Crippen LogP contribution is -2.43. The molecule has 1 atom stereocenters. The number of hydrogen-bond acceptors (Lipinski definition) is 5. The molecular weight excluding hydrogens is 350 g/mol. The van der Waals surface area contributed by atoms with Crippen LogP contribution in [0.25, 0.3) is 11.1 Å². The molecule has 0 bridgehead atoms. The van der Waals surface area contributed by atoms with E-state index in [-0.39, 0.29) is 5.91 Å². The minimum absolute atomic E-state index is 0.0747. The van der Waals surface area contributed by atoms with Crippen LogP contribution in [0.4, 0.5) is 0 Å². The molecule has 0 saturated carbocycles. The summed E-state index contributed by atoms with van der Waals surface area (Å²) in [5, 5.41) is 12.5. The van der Waals surface area contributed by atoms with Crippen molar-refractivity contribution in [3.05, 3.63) is 46.2 Å². The minimum Gasteiger partial charge on any atom is -0.387 e. The van der Waals surface area contributed by atoms with Crippen molar-refractivity contribution in [2.45, 2.75) is 12.0 Å². The molecule has 1 aliphatic heterocycles. The molecule has 0 unspecified atom stereocenters. The third-order valence-electron chi connectivity index (χ3n) is 4.54. The number of nitrogens with two attached hydrogens (primary N) is 1. The Bertz CT molecular complexity index is 816. The highest BCUT2D eigenvalue weighted by Crippen LogP contribution is 2.27. The Morgan fingerprint density at radius 1 is 1.27 bits per heavy atom. The normalized spacial score (nSPS) is 19.9. The van der Waals surface area contributed by atoms with Gasteiger partial charge in [0.25, 0.3) is 11.8 Å². The fraction of sp³-hybridized carbons (Fsp3) is 0.368. The van der Waals surface area contributed by atoms with Crippen LogP contribution in [-0.2, 0) is 0 Å². The van der Waals surface area contributed by atoms with E-state index in [1.54, 1.807) is 23.1 Å². The SMILES string of the molecule is CN(C)C[C@]1(O)CCN(C(=O)c2ccc(-c3csc(C(N)=O)c3)cc2)C1. The molecule has 2 aromatic rings. The third kappa shape index (κ3) is 3.95. The van der Waals surface area contributed by atoms with E-state index < -0.39 is 11.5 Å². The lowest BCUT2D eigenvalue weighted by atomic mass is 10.0. The maximum Gasteiger partial charge on any atom is 0.258 e. The van der Waals surface area contributed by atoms with Gasteiger partial charge in [-0.15, -0.1) is 11.3 Å². The van der Waals surface area contributed by atoms with E-state index >= 15 is 0 Å². The number of likely N-dealkylation sites (tertiary alicyclic amines) is 1. The highest BCUT2D eigenvalue weighted by Gasteiger charge is 2.38. The van der Waals surface area contributed by atoms with Crippen LogP contribution in [-0.4, -0.2) is 66.1 Å². The number of benzene rings is 1. The number of aliphatic hydroxyl groups is 1. The first-order chi connectivity index (χ1) is 12.3. The van der Waals surface area contributed by atoms with Crippen LogP contribution in [0.15, 0.2) is 35.7 Å². The zero-order valence-corrected chi connectivity index (χ0v) is 15.8. The highest BCUT2D eigenvalue weighted by molar-refractivity contribution is 7.12. The van der Waals surface area contributed by atoms with Crippen LogP contribution >= 0.6 is 11.3 Å². The Morgan fingerprint density at radius 3 is 2.54 bits per heavy atom. The van der Waals surface area contributed by atoms with Crippen LogP contribution in [0.2, 0.25) is 0 Å². The molecule has 0 aliphatic carbocycles. The van der Waals surface area contributed by atoms with E-state index in [9.17, 15) is 14.7 Å². The van der Waals surface area contributed by atoms with Crippen molar-refractivity contribution in [3.8, 4) is 11.1 Å². The second-order valence-corrected chi connectivity index (χ2v) is 7.99. The molecule has 2 amide bonds. The first-order valence-electron chi connectivity index (χ1n) is 8.43. The molecule has 0 spiro atoms. The lowest BCUT2D eigenvalue weighted by Gasteiger charge is -2.26. The van der Waals surface area contributed by atoms with Crippen LogP contribution in [0, 0.1) is 0 Å². The monoisotopic (exact) mass is 373 g/mol.